The summed E-state index contributed by atoms with van der Waals surface area (Å²) in [7, 11) is 0. The zero-order valence-corrected chi connectivity index (χ0v) is 9.53. The monoisotopic (exact) mass is 228 g/mol. The third-order valence-corrected chi connectivity index (χ3v) is 3.29. The van der Waals surface area contributed by atoms with Gasteiger partial charge in [0, 0.05) is 16.7 Å². The number of hydrogen-bond donors (Lipinski definition) is 0. The normalized spacial score (nSPS) is 23.0. The van der Waals surface area contributed by atoms with Gasteiger partial charge in [-0.25, -0.2) is 0 Å². The van der Waals surface area contributed by atoms with Crippen molar-refractivity contribution in [1.29, 1.82) is 0 Å². The van der Waals surface area contributed by atoms with E-state index < -0.39 is 11.6 Å². The summed E-state index contributed by atoms with van der Waals surface area (Å²) in [6.45, 7) is 1.98. The molecule has 86 valence electrons. The second-order valence-electron chi connectivity index (χ2n) is 4.48. The summed E-state index contributed by atoms with van der Waals surface area (Å²) in [6.07, 6.45) is 1.53. The van der Waals surface area contributed by atoms with E-state index in [0.717, 1.165) is 12.0 Å². The Morgan fingerprint density at radius 1 is 1.12 bits per heavy atom. The van der Waals surface area contributed by atoms with Crippen molar-refractivity contribution in [2.45, 2.75) is 25.9 Å². The molecule has 0 saturated heterocycles. The standard InChI is InChI=1S/C14H12O3/c1-8-6-7-11-13(16)12(15)9-4-2-3-5-10(9)14(11)17-8/h2-5,8H,6-7H2,1H3/t8-/m1/s1. The molecule has 0 spiro atoms. The summed E-state index contributed by atoms with van der Waals surface area (Å²) in [4.78, 5) is 23.9. The molecule has 0 amide bonds. The second kappa shape index (κ2) is 3.55. The molecule has 0 saturated carbocycles. The number of hydrogen-bond acceptors (Lipinski definition) is 3. The third-order valence-electron chi connectivity index (χ3n) is 3.29. The van der Waals surface area contributed by atoms with Gasteiger partial charge < -0.3 is 4.74 Å². The highest BCUT2D eigenvalue weighted by Gasteiger charge is 2.36. The lowest BCUT2D eigenvalue weighted by Gasteiger charge is -2.29. The van der Waals surface area contributed by atoms with Crippen molar-refractivity contribution in [2.75, 3.05) is 0 Å². The lowest BCUT2D eigenvalue weighted by atomic mass is 9.85. The maximum atomic E-state index is 11.9. The van der Waals surface area contributed by atoms with Crippen LogP contribution in [0.3, 0.4) is 0 Å². The van der Waals surface area contributed by atoms with Gasteiger partial charge >= 0.3 is 0 Å². The van der Waals surface area contributed by atoms with Crippen LogP contribution in [0.2, 0.25) is 0 Å². The Bertz CT molecular complexity index is 554. The first-order valence-electron chi connectivity index (χ1n) is 5.76. The minimum absolute atomic E-state index is 0.0998. The lowest BCUT2D eigenvalue weighted by Crippen LogP contribution is -2.29. The van der Waals surface area contributed by atoms with Gasteiger partial charge in [-0.2, -0.15) is 0 Å². The molecule has 3 rings (SSSR count). The van der Waals surface area contributed by atoms with Gasteiger partial charge in [0.05, 0.1) is 6.10 Å². The smallest absolute Gasteiger partial charge is 0.234 e. The fourth-order valence-electron chi connectivity index (χ4n) is 2.37. The Kier molecular flexibility index (Phi) is 2.15. The van der Waals surface area contributed by atoms with E-state index in [1.807, 2.05) is 19.1 Å². The van der Waals surface area contributed by atoms with Crippen molar-refractivity contribution >= 4 is 17.3 Å². The van der Waals surface area contributed by atoms with Crippen molar-refractivity contribution in [3.63, 3.8) is 0 Å². The molecule has 1 aromatic carbocycles. The Morgan fingerprint density at radius 3 is 2.59 bits per heavy atom. The summed E-state index contributed by atoms with van der Waals surface area (Å²) in [6, 6.07) is 7.14. The number of carbonyl (C=O) groups is 2. The van der Waals surface area contributed by atoms with Gasteiger partial charge in [-0.05, 0) is 19.8 Å². The fourth-order valence-corrected chi connectivity index (χ4v) is 2.37. The number of benzene rings is 1. The van der Waals surface area contributed by atoms with Gasteiger partial charge in [0.2, 0.25) is 11.6 Å². The maximum absolute atomic E-state index is 11.9. The average molecular weight is 228 g/mol. The molecular formula is C14H12O3. The molecular weight excluding hydrogens is 216 g/mol. The van der Waals surface area contributed by atoms with Crippen LogP contribution in [0, 0.1) is 0 Å². The SMILES string of the molecule is C[C@@H]1CCC2=C(O1)c1ccccc1C(=O)C2=O. The fraction of sp³-hybridized carbons (Fsp3) is 0.286. The van der Waals surface area contributed by atoms with Crippen molar-refractivity contribution in [3.8, 4) is 0 Å². The summed E-state index contributed by atoms with van der Waals surface area (Å²) in [5, 5.41) is 0. The molecule has 1 aliphatic heterocycles. The van der Waals surface area contributed by atoms with E-state index in [0.29, 0.717) is 23.3 Å². The molecule has 3 nitrogen and oxygen atoms in total. The summed E-state index contributed by atoms with van der Waals surface area (Å²) in [5.74, 6) is -0.188. The van der Waals surface area contributed by atoms with E-state index in [2.05, 4.69) is 0 Å². The van der Waals surface area contributed by atoms with E-state index in [-0.39, 0.29) is 6.10 Å². The highest BCUT2D eigenvalue weighted by atomic mass is 16.5. The first kappa shape index (κ1) is 10.3. The van der Waals surface area contributed by atoms with Crippen molar-refractivity contribution < 1.29 is 14.3 Å². The highest BCUT2D eigenvalue weighted by Crippen LogP contribution is 2.37. The molecule has 0 bridgehead atoms. The number of rotatable bonds is 0. The molecule has 1 aromatic rings. The van der Waals surface area contributed by atoms with Crippen LogP contribution < -0.4 is 0 Å². The number of fused-ring (bicyclic) bond motifs is 2. The average Bonchev–Trinajstić information content (AvgIpc) is 2.36. The Morgan fingerprint density at radius 2 is 1.82 bits per heavy atom. The third kappa shape index (κ3) is 1.42. The second-order valence-corrected chi connectivity index (χ2v) is 4.48. The molecule has 0 N–H and O–H groups in total. The first-order chi connectivity index (χ1) is 8.18. The van der Waals surface area contributed by atoms with Crippen molar-refractivity contribution in [3.05, 3.63) is 41.0 Å². The minimum Gasteiger partial charge on any atom is -0.490 e. The summed E-state index contributed by atoms with van der Waals surface area (Å²) in [5.41, 5.74) is 1.77. The number of Topliss-reactive ketones (excluding diaryl/α,β-unsaturated/α-hetero) is 2. The predicted molar refractivity (Wildman–Crippen MR) is 62.5 cm³/mol. The highest BCUT2D eigenvalue weighted by molar-refractivity contribution is 6.52. The van der Waals surface area contributed by atoms with E-state index in [9.17, 15) is 9.59 Å². The van der Waals surface area contributed by atoms with Crippen LogP contribution in [0.15, 0.2) is 29.8 Å². The van der Waals surface area contributed by atoms with Crippen LogP contribution in [0.25, 0.3) is 5.76 Å². The molecule has 0 radical (unpaired) electrons. The van der Waals surface area contributed by atoms with Gasteiger partial charge in [0.25, 0.3) is 0 Å². The van der Waals surface area contributed by atoms with Gasteiger partial charge in [-0.15, -0.1) is 0 Å². The molecule has 2 aliphatic rings. The quantitative estimate of drug-likeness (QED) is 0.640. The first-order valence-corrected chi connectivity index (χ1v) is 5.76. The zero-order valence-electron chi connectivity index (χ0n) is 9.53. The van der Waals surface area contributed by atoms with E-state index in [1.165, 1.54) is 0 Å². The topological polar surface area (TPSA) is 43.4 Å². The van der Waals surface area contributed by atoms with Crippen LogP contribution in [-0.4, -0.2) is 17.7 Å². The molecule has 3 heteroatoms. The lowest BCUT2D eigenvalue weighted by molar-refractivity contribution is -0.112. The maximum Gasteiger partial charge on any atom is 0.234 e. The molecule has 0 fully saturated rings. The molecule has 1 atom stereocenters. The van der Waals surface area contributed by atoms with E-state index in [1.54, 1.807) is 12.1 Å². The minimum atomic E-state index is -0.405. The van der Waals surface area contributed by atoms with Crippen LogP contribution >= 0.6 is 0 Å². The molecule has 17 heavy (non-hydrogen) atoms. The Balaban J connectivity index is 2.24. The summed E-state index contributed by atoms with van der Waals surface area (Å²) < 4.78 is 5.74. The largest absolute Gasteiger partial charge is 0.490 e. The van der Waals surface area contributed by atoms with Gasteiger partial charge in [0.15, 0.2) is 0 Å². The Hall–Kier alpha value is -1.90. The molecule has 0 aromatic heterocycles. The van der Waals surface area contributed by atoms with Gasteiger partial charge in [-0.1, -0.05) is 24.3 Å². The van der Waals surface area contributed by atoms with Crippen molar-refractivity contribution in [2.24, 2.45) is 0 Å². The van der Waals surface area contributed by atoms with Crippen LogP contribution in [0.5, 0.6) is 0 Å². The zero-order chi connectivity index (χ0) is 12.0. The van der Waals surface area contributed by atoms with E-state index in [4.69, 9.17) is 4.74 Å². The predicted octanol–water partition coefficient (Wildman–Crippen LogP) is 2.36. The van der Waals surface area contributed by atoms with Gasteiger partial charge in [0.1, 0.15) is 5.76 Å². The van der Waals surface area contributed by atoms with Crippen molar-refractivity contribution in [1.82, 2.24) is 0 Å². The number of ketones is 2. The summed E-state index contributed by atoms with van der Waals surface area (Å²) >= 11 is 0. The van der Waals surface area contributed by atoms with Crippen LogP contribution in [0.1, 0.15) is 35.7 Å². The van der Waals surface area contributed by atoms with Gasteiger partial charge in [-0.3, -0.25) is 9.59 Å². The van der Waals surface area contributed by atoms with Crippen LogP contribution in [0.4, 0.5) is 0 Å². The number of carbonyl (C=O) groups excluding carboxylic acids is 2. The van der Waals surface area contributed by atoms with Crippen LogP contribution in [-0.2, 0) is 9.53 Å². The number of ether oxygens (including phenoxy) is 1. The number of allylic oxidation sites excluding steroid dienone is 1. The van der Waals surface area contributed by atoms with E-state index >= 15 is 0 Å². The molecule has 1 heterocycles. The Labute approximate surface area is 99.1 Å². The molecule has 1 aliphatic carbocycles. The molecule has 0 unspecified atom stereocenters.